The zero-order valence-corrected chi connectivity index (χ0v) is 24.5. The van der Waals surface area contributed by atoms with Crippen LogP contribution in [-0.2, 0) is 14.2 Å². The molecule has 0 aliphatic carbocycles. The van der Waals surface area contributed by atoms with Gasteiger partial charge in [0, 0.05) is 39.2 Å². The molecule has 4 aromatic heterocycles. The van der Waals surface area contributed by atoms with Crippen LogP contribution in [0.4, 0.5) is 21.9 Å². The van der Waals surface area contributed by atoms with E-state index in [2.05, 4.69) is 61.8 Å². The van der Waals surface area contributed by atoms with E-state index >= 15 is 0 Å². The number of nitrogens with zero attached hydrogens (tertiary/aromatic N) is 5. The number of halogens is 2. The summed E-state index contributed by atoms with van der Waals surface area (Å²) in [5, 5.41) is 8.15. The molecule has 4 rings (SSSR count). The van der Waals surface area contributed by atoms with Crippen LogP contribution in [0, 0.1) is 0 Å². The van der Waals surface area contributed by atoms with Crippen molar-refractivity contribution in [1.82, 2.24) is 19.9 Å². The van der Waals surface area contributed by atoms with Gasteiger partial charge in [0.15, 0.2) is 21.7 Å². The molecule has 11 nitrogen and oxygen atoms in total. The number of carbonyl (C=O) groups is 2. The number of methoxy groups -OCH3 is 3. The Morgan fingerprint density at radius 1 is 0.892 bits per heavy atom. The van der Waals surface area contributed by atoms with Gasteiger partial charge in [-0.25, -0.2) is 29.5 Å². The molecule has 0 spiro atoms. The molecule has 15 heteroatoms. The van der Waals surface area contributed by atoms with Gasteiger partial charge in [0.05, 0.1) is 14.2 Å². The fourth-order valence-corrected chi connectivity index (χ4v) is 4.72. The van der Waals surface area contributed by atoms with Crippen LogP contribution in [0.5, 0.6) is 0 Å². The standard InChI is InChI=1S/C12H12BrN3O3S.C10H8BrN3O2S/c1-18-7-16(12-14-3-4-20-12)10-6-8(13)5-9(15-10)11(17)19-2;1-16-9(15)7-4-6(11)5-8(13-7)14-10-12-2-3-17-10/h3-6H,7H2,1-2H3;2-5H,1H3,(H,12,13,14). The molecule has 37 heavy (non-hydrogen) atoms. The van der Waals surface area contributed by atoms with Gasteiger partial charge in [0.25, 0.3) is 0 Å². The van der Waals surface area contributed by atoms with Gasteiger partial charge >= 0.3 is 11.9 Å². The van der Waals surface area contributed by atoms with E-state index in [-0.39, 0.29) is 18.1 Å². The molecule has 0 amide bonds. The van der Waals surface area contributed by atoms with E-state index in [1.807, 2.05) is 10.8 Å². The van der Waals surface area contributed by atoms with Crippen LogP contribution in [0.15, 0.2) is 56.4 Å². The van der Waals surface area contributed by atoms with E-state index in [4.69, 9.17) is 9.47 Å². The van der Waals surface area contributed by atoms with E-state index in [1.165, 1.54) is 36.9 Å². The first kappa shape index (κ1) is 28.6. The van der Waals surface area contributed by atoms with Crippen LogP contribution in [0.25, 0.3) is 0 Å². The summed E-state index contributed by atoms with van der Waals surface area (Å²) < 4.78 is 15.9. The fraction of sp³-hybridized carbons (Fsp3) is 0.182. The fourth-order valence-electron chi connectivity index (χ4n) is 2.69. The number of anilines is 4. The molecule has 0 aromatic carbocycles. The van der Waals surface area contributed by atoms with E-state index in [1.54, 1.807) is 48.7 Å². The minimum absolute atomic E-state index is 0.217. The van der Waals surface area contributed by atoms with Crippen molar-refractivity contribution in [2.24, 2.45) is 0 Å². The minimum atomic E-state index is -0.496. The van der Waals surface area contributed by atoms with Crippen LogP contribution in [-0.4, -0.2) is 59.9 Å². The quantitative estimate of drug-likeness (QED) is 0.184. The average Bonchev–Trinajstić information content (AvgIpc) is 3.61. The van der Waals surface area contributed by atoms with Crippen LogP contribution < -0.4 is 10.2 Å². The SMILES string of the molecule is COC(=O)c1cc(Br)cc(Nc2nccs2)n1.COCN(c1cc(Br)cc(C(=O)OC)n1)c1nccs1. The number of rotatable bonds is 8. The Balaban J connectivity index is 0.000000208. The second kappa shape index (κ2) is 14.1. The van der Waals surface area contributed by atoms with Crippen molar-refractivity contribution in [2.75, 3.05) is 38.3 Å². The molecular formula is C22H20Br2N6O5S2. The van der Waals surface area contributed by atoms with Crippen LogP contribution in [0.3, 0.4) is 0 Å². The van der Waals surface area contributed by atoms with Crippen molar-refractivity contribution in [3.8, 4) is 0 Å². The predicted molar refractivity (Wildman–Crippen MR) is 148 cm³/mol. The van der Waals surface area contributed by atoms with Crippen molar-refractivity contribution >= 4 is 88.4 Å². The van der Waals surface area contributed by atoms with E-state index < -0.39 is 11.9 Å². The average molecular weight is 672 g/mol. The predicted octanol–water partition coefficient (Wildman–Crippen LogP) is 5.66. The largest absolute Gasteiger partial charge is 0.464 e. The molecule has 0 bridgehead atoms. The number of aromatic nitrogens is 4. The third-order valence-corrected chi connectivity index (χ3v) is 6.61. The van der Waals surface area contributed by atoms with Gasteiger partial charge in [-0.1, -0.05) is 31.9 Å². The highest BCUT2D eigenvalue weighted by Gasteiger charge is 2.17. The number of hydrogen-bond acceptors (Lipinski definition) is 13. The van der Waals surface area contributed by atoms with Gasteiger partial charge in [0.1, 0.15) is 18.4 Å². The summed E-state index contributed by atoms with van der Waals surface area (Å²) in [5.74, 6) is 0.115. The van der Waals surface area contributed by atoms with Crippen molar-refractivity contribution in [1.29, 1.82) is 0 Å². The zero-order valence-electron chi connectivity index (χ0n) is 19.7. The molecule has 0 saturated heterocycles. The number of carbonyl (C=O) groups excluding carboxylic acids is 2. The molecule has 4 aromatic rings. The lowest BCUT2D eigenvalue weighted by Crippen LogP contribution is -2.21. The summed E-state index contributed by atoms with van der Waals surface area (Å²) in [7, 11) is 4.22. The summed E-state index contributed by atoms with van der Waals surface area (Å²) in [6.45, 7) is 0.275. The Morgan fingerprint density at radius 3 is 2.08 bits per heavy atom. The highest BCUT2D eigenvalue weighted by molar-refractivity contribution is 9.10. The third-order valence-electron chi connectivity index (χ3n) is 4.21. The molecule has 0 atom stereocenters. The molecule has 0 unspecified atom stereocenters. The van der Waals surface area contributed by atoms with Gasteiger partial charge in [-0.3, -0.25) is 4.90 Å². The summed E-state index contributed by atoms with van der Waals surface area (Å²) in [5.41, 5.74) is 0.454. The molecule has 1 N–H and O–H groups in total. The Hall–Kier alpha value is -2.98. The molecule has 0 aliphatic heterocycles. The molecule has 0 fully saturated rings. The monoisotopic (exact) mass is 670 g/mol. The van der Waals surface area contributed by atoms with Gasteiger partial charge in [-0.2, -0.15) is 0 Å². The minimum Gasteiger partial charge on any atom is -0.464 e. The Bertz CT molecular complexity index is 1330. The second-order valence-corrected chi connectivity index (χ2v) is 10.3. The molecule has 4 heterocycles. The molecule has 0 radical (unpaired) electrons. The first-order valence-electron chi connectivity index (χ1n) is 10.2. The number of thiazole rings is 2. The van der Waals surface area contributed by atoms with E-state index in [9.17, 15) is 9.59 Å². The maximum atomic E-state index is 11.6. The molecule has 194 valence electrons. The summed E-state index contributed by atoms with van der Waals surface area (Å²) >= 11 is 9.58. The first-order chi connectivity index (χ1) is 17.8. The number of pyridine rings is 2. The van der Waals surface area contributed by atoms with Gasteiger partial charge in [-0.05, 0) is 24.3 Å². The molecule has 0 aliphatic rings. The third kappa shape index (κ3) is 8.26. The lowest BCUT2D eigenvalue weighted by molar-refractivity contribution is 0.0585. The zero-order chi connectivity index (χ0) is 26.8. The Labute approximate surface area is 237 Å². The van der Waals surface area contributed by atoms with Crippen LogP contribution >= 0.6 is 54.5 Å². The summed E-state index contributed by atoms with van der Waals surface area (Å²) in [6.07, 6.45) is 3.38. The van der Waals surface area contributed by atoms with Gasteiger partial charge < -0.3 is 19.5 Å². The normalized spacial score (nSPS) is 10.2. The number of esters is 2. The van der Waals surface area contributed by atoms with Crippen molar-refractivity contribution in [2.45, 2.75) is 0 Å². The highest BCUT2D eigenvalue weighted by atomic mass is 79.9. The lowest BCUT2D eigenvalue weighted by atomic mass is 10.3. The smallest absolute Gasteiger partial charge is 0.356 e. The van der Waals surface area contributed by atoms with Crippen molar-refractivity contribution in [3.05, 3.63) is 67.8 Å². The molecular weight excluding hydrogens is 652 g/mol. The van der Waals surface area contributed by atoms with Crippen LogP contribution in [0.1, 0.15) is 21.0 Å². The van der Waals surface area contributed by atoms with Gasteiger partial charge in [-0.15, -0.1) is 22.7 Å². The lowest BCUT2D eigenvalue weighted by Gasteiger charge is -2.20. The summed E-state index contributed by atoms with van der Waals surface area (Å²) in [6, 6.07) is 6.74. The maximum Gasteiger partial charge on any atom is 0.356 e. The number of ether oxygens (including phenoxy) is 3. The highest BCUT2D eigenvalue weighted by Crippen LogP contribution is 2.28. The van der Waals surface area contributed by atoms with Crippen LogP contribution in [0.2, 0.25) is 0 Å². The molecule has 0 saturated carbocycles. The number of hydrogen-bond donors (Lipinski definition) is 1. The summed E-state index contributed by atoms with van der Waals surface area (Å²) in [4.78, 5) is 41.5. The maximum absolute atomic E-state index is 11.6. The van der Waals surface area contributed by atoms with Crippen molar-refractivity contribution < 1.29 is 23.8 Å². The first-order valence-corrected chi connectivity index (χ1v) is 13.5. The Kier molecular flexibility index (Phi) is 10.9. The van der Waals surface area contributed by atoms with Crippen molar-refractivity contribution in [3.63, 3.8) is 0 Å². The second-order valence-electron chi connectivity index (χ2n) is 6.69. The van der Waals surface area contributed by atoms with Gasteiger partial charge in [0.2, 0.25) is 0 Å². The van der Waals surface area contributed by atoms with E-state index in [0.29, 0.717) is 16.8 Å². The Morgan fingerprint density at radius 2 is 1.51 bits per heavy atom. The topological polar surface area (TPSA) is 129 Å². The number of nitrogens with one attached hydrogen (secondary N) is 1. The van der Waals surface area contributed by atoms with E-state index in [0.717, 1.165) is 14.1 Å².